The van der Waals surface area contributed by atoms with Gasteiger partial charge in [0.05, 0.1) is 23.9 Å². The number of para-hydroxylation sites is 1. The van der Waals surface area contributed by atoms with Crippen molar-refractivity contribution in [3.63, 3.8) is 0 Å². The van der Waals surface area contributed by atoms with Crippen LogP contribution in [-0.2, 0) is 11.3 Å². The van der Waals surface area contributed by atoms with Crippen molar-refractivity contribution in [2.75, 3.05) is 7.11 Å². The van der Waals surface area contributed by atoms with Crippen molar-refractivity contribution >= 4 is 39.5 Å². The molecule has 0 aliphatic rings. The molecule has 0 aliphatic carbocycles. The zero-order chi connectivity index (χ0) is 19.0. The van der Waals surface area contributed by atoms with Gasteiger partial charge in [0.2, 0.25) is 0 Å². The van der Waals surface area contributed by atoms with Crippen LogP contribution in [0.1, 0.15) is 21.6 Å². The molecule has 0 amide bonds. The Morgan fingerprint density at radius 2 is 2.00 bits per heavy atom. The zero-order valence-corrected chi connectivity index (χ0v) is 15.4. The smallest absolute Gasteiger partial charge is 0.340 e. The number of rotatable bonds is 4. The summed E-state index contributed by atoms with van der Waals surface area (Å²) < 4.78 is 4.94. The molecule has 27 heavy (non-hydrogen) atoms. The number of pyridine rings is 1. The summed E-state index contributed by atoms with van der Waals surface area (Å²) in [5.41, 5.74) is 3.68. The largest absolute Gasteiger partial charge is 0.465 e. The minimum atomic E-state index is -0.462. The van der Waals surface area contributed by atoms with E-state index in [0.717, 1.165) is 16.5 Å². The van der Waals surface area contributed by atoms with Gasteiger partial charge in [0.1, 0.15) is 11.0 Å². The van der Waals surface area contributed by atoms with E-state index in [1.165, 1.54) is 12.0 Å². The molecule has 0 aliphatic heterocycles. The van der Waals surface area contributed by atoms with E-state index < -0.39 is 5.97 Å². The number of benzene rings is 2. The number of esters is 1. The number of methoxy groups -OCH3 is 1. The molecular weight excluding hydrogens is 368 g/mol. The topological polar surface area (TPSA) is 79.1 Å². The fourth-order valence-electron chi connectivity index (χ4n) is 3.01. The number of hydrogen-bond donors (Lipinski definition) is 0. The van der Waals surface area contributed by atoms with Gasteiger partial charge < -0.3 is 9.57 Å². The standard InChI is InChI=1S/C19H15ClN4O3/c1-11-13-5-3-4-6-14(13)21-16(18(11)19(25)26-2)10-27-24-17-9-12(20)7-8-15(17)22-23-24/h3-9H,10H2,1-2H3. The maximum absolute atomic E-state index is 12.3. The molecule has 2 heterocycles. The fourth-order valence-corrected chi connectivity index (χ4v) is 3.17. The van der Waals surface area contributed by atoms with E-state index in [0.29, 0.717) is 27.3 Å². The number of nitrogens with zero attached hydrogens (tertiary/aromatic N) is 4. The van der Waals surface area contributed by atoms with Gasteiger partial charge in [-0.1, -0.05) is 34.6 Å². The van der Waals surface area contributed by atoms with E-state index in [2.05, 4.69) is 15.3 Å². The van der Waals surface area contributed by atoms with Crippen LogP contribution in [-0.4, -0.2) is 33.2 Å². The first-order valence-electron chi connectivity index (χ1n) is 8.19. The second kappa shape index (κ2) is 6.85. The second-order valence-corrected chi connectivity index (χ2v) is 6.37. The van der Waals surface area contributed by atoms with Gasteiger partial charge in [0, 0.05) is 10.4 Å². The highest BCUT2D eigenvalue weighted by atomic mass is 35.5. The van der Waals surface area contributed by atoms with Crippen LogP contribution >= 0.6 is 11.6 Å². The van der Waals surface area contributed by atoms with E-state index in [1.807, 2.05) is 31.2 Å². The minimum Gasteiger partial charge on any atom is -0.465 e. The molecule has 2 aromatic heterocycles. The summed E-state index contributed by atoms with van der Waals surface area (Å²) in [4.78, 5) is 24.0. The van der Waals surface area contributed by atoms with Gasteiger partial charge in [-0.2, -0.15) is 0 Å². The minimum absolute atomic E-state index is 0.0150. The third-order valence-corrected chi connectivity index (χ3v) is 4.55. The van der Waals surface area contributed by atoms with Crippen LogP contribution in [0.4, 0.5) is 0 Å². The molecule has 0 saturated heterocycles. The molecule has 8 heteroatoms. The zero-order valence-electron chi connectivity index (χ0n) is 14.6. The summed E-state index contributed by atoms with van der Waals surface area (Å²) >= 11 is 6.04. The van der Waals surface area contributed by atoms with Crippen molar-refractivity contribution in [2.45, 2.75) is 13.5 Å². The number of fused-ring (bicyclic) bond motifs is 2. The van der Waals surface area contributed by atoms with Crippen LogP contribution in [0.3, 0.4) is 0 Å². The SMILES string of the molecule is COC(=O)c1c(COn2nnc3ccc(Cl)cc32)nc2ccccc2c1C. The highest BCUT2D eigenvalue weighted by molar-refractivity contribution is 6.31. The van der Waals surface area contributed by atoms with E-state index in [-0.39, 0.29) is 6.61 Å². The maximum Gasteiger partial charge on any atom is 0.340 e. The van der Waals surface area contributed by atoms with Gasteiger partial charge >= 0.3 is 5.97 Å². The number of hydrogen-bond acceptors (Lipinski definition) is 6. The molecule has 4 rings (SSSR count). The van der Waals surface area contributed by atoms with Crippen LogP contribution < -0.4 is 4.84 Å². The third kappa shape index (κ3) is 3.06. The first-order valence-corrected chi connectivity index (χ1v) is 8.57. The summed E-state index contributed by atoms with van der Waals surface area (Å²) in [6.07, 6.45) is 0. The van der Waals surface area contributed by atoms with Crippen molar-refractivity contribution < 1.29 is 14.4 Å². The molecule has 0 unspecified atom stereocenters. The van der Waals surface area contributed by atoms with Crippen LogP contribution in [0, 0.1) is 6.92 Å². The van der Waals surface area contributed by atoms with Crippen molar-refractivity contribution in [3.05, 3.63) is 64.3 Å². The number of aryl methyl sites for hydroxylation is 1. The molecule has 0 fully saturated rings. The Hall–Kier alpha value is -3.19. The second-order valence-electron chi connectivity index (χ2n) is 5.94. The number of carbonyl (C=O) groups is 1. The van der Waals surface area contributed by atoms with Crippen molar-refractivity contribution in [2.24, 2.45) is 0 Å². The van der Waals surface area contributed by atoms with Gasteiger partial charge in [-0.05, 0) is 42.0 Å². The quantitative estimate of drug-likeness (QED) is 0.503. The molecule has 0 bridgehead atoms. The average molecular weight is 383 g/mol. The number of halogens is 1. The lowest BCUT2D eigenvalue weighted by Gasteiger charge is -2.13. The molecule has 0 radical (unpaired) electrons. The number of ether oxygens (including phenoxy) is 1. The van der Waals surface area contributed by atoms with Crippen LogP contribution in [0.2, 0.25) is 5.02 Å². The molecule has 7 nitrogen and oxygen atoms in total. The van der Waals surface area contributed by atoms with Gasteiger partial charge in [0.25, 0.3) is 0 Å². The first-order chi connectivity index (χ1) is 13.1. The average Bonchev–Trinajstić information content (AvgIpc) is 3.08. The van der Waals surface area contributed by atoms with Crippen LogP contribution in [0.15, 0.2) is 42.5 Å². The van der Waals surface area contributed by atoms with E-state index in [1.54, 1.807) is 18.2 Å². The Labute approximate surface area is 159 Å². The number of aromatic nitrogens is 4. The van der Waals surface area contributed by atoms with Gasteiger partial charge in [-0.3, -0.25) is 0 Å². The highest BCUT2D eigenvalue weighted by Crippen LogP contribution is 2.24. The van der Waals surface area contributed by atoms with Crippen molar-refractivity contribution in [1.82, 2.24) is 20.1 Å². The van der Waals surface area contributed by atoms with E-state index in [4.69, 9.17) is 21.2 Å². The van der Waals surface area contributed by atoms with E-state index in [9.17, 15) is 4.79 Å². The fraction of sp³-hybridized carbons (Fsp3) is 0.158. The lowest BCUT2D eigenvalue weighted by molar-refractivity contribution is 0.0570. The molecular formula is C19H15ClN4O3. The molecule has 0 atom stereocenters. The Morgan fingerprint density at radius 1 is 1.19 bits per heavy atom. The van der Waals surface area contributed by atoms with Crippen molar-refractivity contribution in [3.8, 4) is 0 Å². The predicted molar refractivity (Wildman–Crippen MR) is 101 cm³/mol. The highest BCUT2D eigenvalue weighted by Gasteiger charge is 2.20. The van der Waals surface area contributed by atoms with Gasteiger partial charge in [0.15, 0.2) is 6.61 Å². The Balaban J connectivity index is 1.76. The third-order valence-electron chi connectivity index (χ3n) is 4.32. The molecule has 0 N–H and O–H groups in total. The molecule has 4 aromatic rings. The maximum atomic E-state index is 12.3. The Morgan fingerprint density at radius 3 is 2.81 bits per heavy atom. The Kier molecular flexibility index (Phi) is 4.37. The molecule has 2 aromatic carbocycles. The molecule has 136 valence electrons. The van der Waals surface area contributed by atoms with Gasteiger partial charge in [-0.15, -0.1) is 5.10 Å². The van der Waals surface area contributed by atoms with Crippen LogP contribution in [0.25, 0.3) is 21.9 Å². The molecule has 0 spiro atoms. The van der Waals surface area contributed by atoms with Gasteiger partial charge in [-0.25, -0.2) is 9.78 Å². The Bertz CT molecular complexity index is 1170. The molecule has 0 saturated carbocycles. The lowest BCUT2D eigenvalue weighted by atomic mass is 10.0. The predicted octanol–water partition coefficient (Wildman–Crippen LogP) is 3.36. The summed E-state index contributed by atoms with van der Waals surface area (Å²) in [6, 6.07) is 12.8. The first kappa shape index (κ1) is 17.2. The van der Waals surface area contributed by atoms with Crippen molar-refractivity contribution in [1.29, 1.82) is 0 Å². The summed E-state index contributed by atoms with van der Waals surface area (Å²) in [6.45, 7) is 1.88. The van der Waals surface area contributed by atoms with Crippen LogP contribution in [0.5, 0.6) is 0 Å². The summed E-state index contributed by atoms with van der Waals surface area (Å²) in [5, 5.41) is 9.44. The summed E-state index contributed by atoms with van der Waals surface area (Å²) in [5.74, 6) is -0.462. The number of carbonyl (C=O) groups excluding carboxylic acids is 1. The summed E-state index contributed by atoms with van der Waals surface area (Å²) in [7, 11) is 1.34. The monoisotopic (exact) mass is 382 g/mol. The lowest BCUT2D eigenvalue weighted by Crippen LogP contribution is -2.18. The van der Waals surface area contributed by atoms with E-state index >= 15 is 0 Å². The normalized spacial score (nSPS) is 11.1.